The molecule has 0 heterocycles. The van der Waals surface area contributed by atoms with Crippen molar-refractivity contribution in [3.63, 3.8) is 0 Å². The predicted octanol–water partition coefficient (Wildman–Crippen LogP) is 3.44. The van der Waals surface area contributed by atoms with Gasteiger partial charge in [-0.2, -0.15) is 11.8 Å². The van der Waals surface area contributed by atoms with Gasteiger partial charge in [0.2, 0.25) is 5.91 Å². The monoisotopic (exact) mass is 456 g/mol. The second-order valence-electron chi connectivity index (χ2n) is 7.82. The number of benzene rings is 2. The number of carbonyl (C=O) groups is 3. The normalized spacial score (nSPS) is 13.1. The molecule has 0 aliphatic heterocycles. The van der Waals surface area contributed by atoms with Crippen LogP contribution in [0.15, 0.2) is 48.5 Å². The van der Waals surface area contributed by atoms with Gasteiger partial charge in [-0.1, -0.05) is 55.5 Å². The highest BCUT2D eigenvalue weighted by molar-refractivity contribution is 7.99. The Morgan fingerprint density at radius 3 is 2.28 bits per heavy atom. The third kappa shape index (κ3) is 5.82. The quantitative estimate of drug-likeness (QED) is 0.532. The first kappa shape index (κ1) is 23.7. The molecule has 0 aromatic heterocycles. The lowest BCUT2D eigenvalue weighted by atomic mass is 9.98. The van der Waals surface area contributed by atoms with Gasteiger partial charge in [-0.15, -0.1) is 0 Å². The molecule has 1 unspecified atom stereocenters. The summed E-state index contributed by atoms with van der Waals surface area (Å²) in [6, 6.07) is 16.3. The maximum Gasteiger partial charge on any atom is 0.407 e. The Balaban J connectivity index is 1.38. The van der Waals surface area contributed by atoms with Crippen LogP contribution in [-0.4, -0.2) is 66.2 Å². The molecule has 7 nitrogen and oxygen atoms in total. The SMILES string of the molecule is CC(CN(C)C(=O)CSCCNC(=O)OCC1c2ccccc2-c2ccccc21)C(=O)O. The van der Waals surface area contributed by atoms with Gasteiger partial charge in [0, 0.05) is 31.8 Å². The van der Waals surface area contributed by atoms with Crippen LogP contribution >= 0.6 is 11.8 Å². The largest absolute Gasteiger partial charge is 0.481 e. The van der Waals surface area contributed by atoms with Crippen LogP contribution in [-0.2, 0) is 14.3 Å². The fraction of sp³-hybridized carbons (Fsp3) is 0.375. The first-order chi connectivity index (χ1) is 15.4. The van der Waals surface area contributed by atoms with Gasteiger partial charge < -0.3 is 20.1 Å². The number of carbonyl (C=O) groups excluding carboxylic acids is 2. The number of amides is 2. The number of aliphatic carboxylic acids is 1. The molecule has 0 fully saturated rings. The highest BCUT2D eigenvalue weighted by Gasteiger charge is 2.28. The molecule has 8 heteroatoms. The van der Waals surface area contributed by atoms with Gasteiger partial charge in [0.25, 0.3) is 0 Å². The average Bonchev–Trinajstić information content (AvgIpc) is 3.11. The summed E-state index contributed by atoms with van der Waals surface area (Å²) in [5, 5.41) is 11.6. The number of hydrogen-bond acceptors (Lipinski definition) is 5. The van der Waals surface area contributed by atoms with Crippen LogP contribution in [0.25, 0.3) is 11.1 Å². The lowest BCUT2D eigenvalue weighted by molar-refractivity contribution is -0.142. The van der Waals surface area contributed by atoms with Crippen molar-refractivity contribution in [1.29, 1.82) is 0 Å². The van der Waals surface area contributed by atoms with Crippen molar-refractivity contribution >= 4 is 29.7 Å². The summed E-state index contributed by atoms with van der Waals surface area (Å²) in [4.78, 5) is 36.5. The summed E-state index contributed by atoms with van der Waals surface area (Å²) < 4.78 is 5.48. The summed E-state index contributed by atoms with van der Waals surface area (Å²) in [6.07, 6.45) is -0.480. The van der Waals surface area contributed by atoms with E-state index in [4.69, 9.17) is 9.84 Å². The molecule has 0 radical (unpaired) electrons. The second kappa shape index (κ2) is 11.0. The van der Waals surface area contributed by atoms with Crippen molar-refractivity contribution in [1.82, 2.24) is 10.2 Å². The Kier molecular flexibility index (Phi) is 8.16. The molecule has 0 saturated heterocycles. The van der Waals surface area contributed by atoms with Gasteiger partial charge >= 0.3 is 12.1 Å². The van der Waals surface area contributed by atoms with E-state index in [0.29, 0.717) is 12.3 Å². The zero-order valence-corrected chi connectivity index (χ0v) is 19.1. The van der Waals surface area contributed by atoms with Gasteiger partial charge in [0.05, 0.1) is 11.7 Å². The fourth-order valence-corrected chi connectivity index (χ4v) is 4.52. The summed E-state index contributed by atoms with van der Waals surface area (Å²) in [5.41, 5.74) is 4.69. The van der Waals surface area contributed by atoms with E-state index in [-0.39, 0.29) is 30.7 Å². The average molecular weight is 457 g/mol. The Hall–Kier alpha value is -3.00. The molecule has 170 valence electrons. The molecular weight excluding hydrogens is 428 g/mol. The lowest BCUT2D eigenvalue weighted by Gasteiger charge is -2.19. The highest BCUT2D eigenvalue weighted by atomic mass is 32.2. The molecule has 0 bridgehead atoms. The molecule has 2 amide bonds. The summed E-state index contributed by atoms with van der Waals surface area (Å²) in [6.45, 7) is 2.38. The Morgan fingerprint density at radius 2 is 1.69 bits per heavy atom. The first-order valence-corrected chi connectivity index (χ1v) is 11.7. The maximum absolute atomic E-state index is 12.1. The van der Waals surface area contributed by atoms with Crippen molar-refractivity contribution in [3.8, 4) is 11.1 Å². The van der Waals surface area contributed by atoms with E-state index >= 15 is 0 Å². The van der Waals surface area contributed by atoms with E-state index in [1.54, 1.807) is 14.0 Å². The molecule has 0 spiro atoms. The molecule has 1 aliphatic rings. The number of rotatable bonds is 10. The van der Waals surface area contributed by atoms with E-state index in [0.717, 1.165) is 11.1 Å². The number of nitrogens with one attached hydrogen (secondary N) is 1. The maximum atomic E-state index is 12.1. The van der Waals surface area contributed by atoms with Gasteiger partial charge in [-0.3, -0.25) is 9.59 Å². The van der Waals surface area contributed by atoms with Crippen LogP contribution in [0, 0.1) is 5.92 Å². The minimum Gasteiger partial charge on any atom is -0.481 e. The summed E-state index contributed by atoms with van der Waals surface area (Å²) in [7, 11) is 1.59. The lowest BCUT2D eigenvalue weighted by Crippen LogP contribution is -2.35. The molecule has 32 heavy (non-hydrogen) atoms. The highest BCUT2D eigenvalue weighted by Crippen LogP contribution is 2.44. The number of hydrogen-bond donors (Lipinski definition) is 2. The fourth-order valence-electron chi connectivity index (χ4n) is 3.74. The van der Waals surface area contributed by atoms with Crippen LogP contribution in [0.3, 0.4) is 0 Å². The van der Waals surface area contributed by atoms with Crippen molar-refractivity contribution in [2.75, 3.05) is 38.2 Å². The van der Waals surface area contributed by atoms with Crippen molar-refractivity contribution < 1.29 is 24.2 Å². The number of nitrogens with zero attached hydrogens (tertiary/aromatic N) is 1. The van der Waals surface area contributed by atoms with E-state index in [2.05, 4.69) is 29.6 Å². The van der Waals surface area contributed by atoms with Crippen molar-refractivity contribution in [3.05, 3.63) is 59.7 Å². The number of ether oxygens (including phenoxy) is 1. The second-order valence-corrected chi connectivity index (χ2v) is 8.92. The minimum absolute atomic E-state index is 0.0175. The first-order valence-electron chi connectivity index (χ1n) is 10.5. The third-order valence-electron chi connectivity index (χ3n) is 5.48. The number of alkyl carbamates (subject to hydrolysis) is 1. The predicted molar refractivity (Wildman–Crippen MR) is 125 cm³/mol. The van der Waals surface area contributed by atoms with Crippen LogP contribution in [0.2, 0.25) is 0 Å². The summed E-state index contributed by atoms with van der Waals surface area (Å²) >= 11 is 1.38. The Morgan fingerprint density at radius 1 is 1.09 bits per heavy atom. The van der Waals surface area contributed by atoms with Gasteiger partial charge in [-0.25, -0.2) is 4.79 Å². The topological polar surface area (TPSA) is 95.9 Å². The van der Waals surface area contributed by atoms with Gasteiger partial charge in [0.1, 0.15) is 6.61 Å². The standard InChI is InChI=1S/C24H28N2O5S/c1-16(23(28)29)13-26(2)22(27)15-32-12-11-25-24(30)31-14-21-19-9-5-3-7-17(19)18-8-4-6-10-20(18)21/h3-10,16,21H,11-15H2,1-2H3,(H,25,30)(H,28,29). The zero-order valence-electron chi connectivity index (χ0n) is 18.2. The van der Waals surface area contributed by atoms with Crippen LogP contribution in [0.5, 0.6) is 0 Å². The van der Waals surface area contributed by atoms with E-state index < -0.39 is 18.0 Å². The molecule has 2 aromatic rings. The number of thioether (sulfide) groups is 1. The zero-order chi connectivity index (χ0) is 23.1. The van der Waals surface area contributed by atoms with E-state index in [9.17, 15) is 14.4 Å². The van der Waals surface area contributed by atoms with Crippen LogP contribution in [0.4, 0.5) is 4.79 Å². The molecule has 2 N–H and O–H groups in total. The molecule has 3 rings (SSSR count). The number of carboxylic acid groups (broad SMARTS) is 1. The van der Waals surface area contributed by atoms with Crippen LogP contribution in [0.1, 0.15) is 24.0 Å². The summed E-state index contributed by atoms with van der Waals surface area (Å²) in [5.74, 6) is -0.866. The van der Waals surface area contributed by atoms with E-state index in [1.807, 2.05) is 24.3 Å². The Labute approximate surface area is 192 Å². The van der Waals surface area contributed by atoms with Crippen molar-refractivity contribution in [2.24, 2.45) is 5.92 Å². The molecule has 2 aromatic carbocycles. The van der Waals surface area contributed by atoms with E-state index in [1.165, 1.54) is 27.8 Å². The molecule has 1 aliphatic carbocycles. The van der Waals surface area contributed by atoms with Gasteiger partial charge in [0.15, 0.2) is 0 Å². The Bertz CT molecular complexity index is 935. The van der Waals surface area contributed by atoms with Crippen molar-refractivity contribution in [2.45, 2.75) is 12.8 Å². The van der Waals surface area contributed by atoms with Gasteiger partial charge in [-0.05, 0) is 22.3 Å². The number of fused-ring (bicyclic) bond motifs is 3. The molecule has 0 saturated carbocycles. The smallest absolute Gasteiger partial charge is 0.407 e. The third-order valence-corrected chi connectivity index (χ3v) is 6.42. The number of carboxylic acids is 1. The molecular formula is C24H28N2O5S. The minimum atomic E-state index is -0.926. The van der Waals surface area contributed by atoms with Crippen LogP contribution < -0.4 is 5.32 Å². The molecule has 1 atom stereocenters.